The first-order valence-electron chi connectivity index (χ1n) is 6.96. The Morgan fingerprint density at radius 2 is 1.75 bits per heavy atom. The molecule has 2 heteroatoms. The van der Waals surface area contributed by atoms with Crippen LogP contribution in [0.4, 0.5) is 0 Å². The van der Waals surface area contributed by atoms with Gasteiger partial charge >= 0.3 is 0 Å². The van der Waals surface area contributed by atoms with Gasteiger partial charge in [-0.3, -0.25) is 0 Å². The molecule has 1 saturated heterocycles. The zero-order valence-electron chi connectivity index (χ0n) is 10.6. The van der Waals surface area contributed by atoms with Crippen LogP contribution in [0.1, 0.15) is 52.4 Å². The summed E-state index contributed by atoms with van der Waals surface area (Å²) in [5, 5.41) is 0. The molecule has 0 radical (unpaired) electrons. The molecule has 1 unspecified atom stereocenters. The molecular formula is C14H24O2. The molecule has 2 aliphatic carbocycles. The van der Waals surface area contributed by atoms with Crippen molar-refractivity contribution in [3.63, 3.8) is 0 Å². The van der Waals surface area contributed by atoms with Crippen LogP contribution < -0.4 is 0 Å². The van der Waals surface area contributed by atoms with Gasteiger partial charge in [0.2, 0.25) is 0 Å². The normalized spacial score (nSPS) is 46.9. The van der Waals surface area contributed by atoms with Crippen molar-refractivity contribution in [3.05, 3.63) is 0 Å². The zero-order chi connectivity index (χ0) is 11.2. The highest BCUT2D eigenvalue weighted by Gasteiger charge is 2.60. The van der Waals surface area contributed by atoms with E-state index in [1.165, 1.54) is 32.1 Å². The maximum absolute atomic E-state index is 6.08. The van der Waals surface area contributed by atoms with Gasteiger partial charge < -0.3 is 9.47 Å². The van der Waals surface area contributed by atoms with Crippen LogP contribution in [0.25, 0.3) is 0 Å². The van der Waals surface area contributed by atoms with E-state index in [9.17, 15) is 0 Å². The molecule has 0 N–H and O–H groups in total. The minimum atomic E-state index is -0.218. The molecule has 3 rings (SSSR count). The lowest BCUT2D eigenvalue weighted by Gasteiger charge is -2.57. The number of ether oxygens (including phenoxy) is 2. The van der Waals surface area contributed by atoms with Crippen LogP contribution in [-0.4, -0.2) is 19.0 Å². The van der Waals surface area contributed by atoms with E-state index >= 15 is 0 Å². The van der Waals surface area contributed by atoms with Crippen molar-refractivity contribution in [2.24, 2.45) is 17.3 Å². The predicted octanol–water partition coefficient (Wildman–Crippen LogP) is 3.36. The molecule has 1 aliphatic heterocycles. The Morgan fingerprint density at radius 3 is 2.50 bits per heavy atom. The van der Waals surface area contributed by atoms with Crippen LogP contribution in [-0.2, 0) is 9.47 Å². The fourth-order valence-corrected chi connectivity index (χ4v) is 4.58. The van der Waals surface area contributed by atoms with E-state index in [0.717, 1.165) is 31.5 Å². The lowest BCUT2D eigenvalue weighted by Crippen LogP contribution is -2.57. The van der Waals surface area contributed by atoms with Crippen molar-refractivity contribution in [2.45, 2.75) is 58.2 Å². The Labute approximate surface area is 98.7 Å². The molecule has 0 aromatic rings. The molecule has 3 atom stereocenters. The first-order chi connectivity index (χ1) is 7.68. The van der Waals surface area contributed by atoms with E-state index in [1.54, 1.807) is 0 Å². The molecular weight excluding hydrogens is 200 g/mol. The van der Waals surface area contributed by atoms with Gasteiger partial charge in [0, 0.05) is 11.8 Å². The molecule has 16 heavy (non-hydrogen) atoms. The van der Waals surface area contributed by atoms with Gasteiger partial charge in [-0.05, 0) is 31.1 Å². The SMILES string of the molecule is C[C@@H]1CCC2(OCCO2)[C@]2(C)CCCCC12. The van der Waals surface area contributed by atoms with E-state index < -0.39 is 0 Å². The summed E-state index contributed by atoms with van der Waals surface area (Å²) in [5.74, 6) is 1.45. The van der Waals surface area contributed by atoms with Crippen LogP contribution in [0.15, 0.2) is 0 Å². The second-order valence-electron chi connectivity index (χ2n) is 6.24. The minimum Gasteiger partial charge on any atom is -0.347 e. The highest BCUT2D eigenvalue weighted by Crippen LogP contribution is 2.59. The topological polar surface area (TPSA) is 18.5 Å². The summed E-state index contributed by atoms with van der Waals surface area (Å²) in [6.45, 7) is 6.46. The maximum atomic E-state index is 6.08. The van der Waals surface area contributed by atoms with Crippen LogP contribution in [0.2, 0.25) is 0 Å². The average Bonchev–Trinajstić information content (AvgIpc) is 2.75. The van der Waals surface area contributed by atoms with Gasteiger partial charge in [-0.15, -0.1) is 0 Å². The number of rotatable bonds is 0. The van der Waals surface area contributed by atoms with E-state index in [1.807, 2.05) is 0 Å². The summed E-state index contributed by atoms with van der Waals surface area (Å²) in [6, 6.07) is 0. The quantitative estimate of drug-likeness (QED) is 0.628. The second kappa shape index (κ2) is 3.71. The highest BCUT2D eigenvalue weighted by atomic mass is 16.7. The third-order valence-electron chi connectivity index (χ3n) is 5.52. The molecule has 0 bridgehead atoms. The second-order valence-corrected chi connectivity index (χ2v) is 6.24. The number of fused-ring (bicyclic) bond motifs is 2. The summed E-state index contributed by atoms with van der Waals surface area (Å²) in [7, 11) is 0. The van der Waals surface area contributed by atoms with Gasteiger partial charge in [-0.25, -0.2) is 0 Å². The van der Waals surface area contributed by atoms with Crippen molar-refractivity contribution < 1.29 is 9.47 Å². The molecule has 1 spiro atoms. The van der Waals surface area contributed by atoms with Gasteiger partial charge in [0.1, 0.15) is 0 Å². The van der Waals surface area contributed by atoms with Crippen LogP contribution >= 0.6 is 0 Å². The molecule has 0 aromatic carbocycles. The van der Waals surface area contributed by atoms with Crippen molar-refractivity contribution in [1.82, 2.24) is 0 Å². The third-order valence-corrected chi connectivity index (χ3v) is 5.52. The van der Waals surface area contributed by atoms with Crippen LogP contribution in [0.3, 0.4) is 0 Å². The Kier molecular flexibility index (Phi) is 2.56. The Hall–Kier alpha value is -0.0800. The van der Waals surface area contributed by atoms with Crippen LogP contribution in [0, 0.1) is 17.3 Å². The zero-order valence-corrected chi connectivity index (χ0v) is 10.6. The van der Waals surface area contributed by atoms with E-state index in [0.29, 0.717) is 0 Å². The van der Waals surface area contributed by atoms with Gasteiger partial charge in [0.25, 0.3) is 0 Å². The summed E-state index contributed by atoms with van der Waals surface area (Å²) in [4.78, 5) is 0. The van der Waals surface area contributed by atoms with E-state index in [-0.39, 0.29) is 11.2 Å². The fraction of sp³-hybridized carbons (Fsp3) is 1.00. The molecule has 92 valence electrons. The standard InChI is InChI=1S/C14H24O2/c1-11-6-8-14(15-9-10-16-14)13(2)7-4-3-5-12(11)13/h11-12H,3-10H2,1-2H3/t11-,12?,13-/m1/s1. The van der Waals surface area contributed by atoms with Gasteiger partial charge in [0.05, 0.1) is 13.2 Å². The maximum Gasteiger partial charge on any atom is 0.174 e. The summed E-state index contributed by atoms with van der Waals surface area (Å²) >= 11 is 0. The van der Waals surface area contributed by atoms with Crippen molar-refractivity contribution >= 4 is 0 Å². The van der Waals surface area contributed by atoms with Gasteiger partial charge in [-0.1, -0.05) is 26.7 Å². The third kappa shape index (κ3) is 1.32. The monoisotopic (exact) mass is 224 g/mol. The minimum absolute atomic E-state index is 0.218. The Morgan fingerprint density at radius 1 is 1.00 bits per heavy atom. The molecule has 1 heterocycles. The summed E-state index contributed by atoms with van der Waals surface area (Å²) in [6.07, 6.45) is 7.82. The van der Waals surface area contributed by atoms with Gasteiger partial charge in [-0.2, -0.15) is 0 Å². The lowest BCUT2D eigenvalue weighted by molar-refractivity contribution is -0.284. The van der Waals surface area contributed by atoms with Crippen LogP contribution in [0.5, 0.6) is 0 Å². The molecule has 0 aromatic heterocycles. The highest BCUT2D eigenvalue weighted by molar-refractivity contribution is 5.04. The molecule has 3 aliphatic rings. The first-order valence-corrected chi connectivity index (χ1v) is 6.96. The fourth-order valence-electron chi connectivity index (χ4n) is 4.58. The predicted molar refractivity (Wildman–Crippen MR) is 63.1 cm³/mol. The lowest BCUT2D eigenvalue weighted by atomic mass is 9.54. The summed E-state index contributed by atoms with van der Waals surface area (Å²) in [5.41, 5.74) is 0.277. The van der Waals surface area contributed by atoms with Crippen molar-refractivity contribution in [3.8, 4) is 0 Å². The van der Waals surface area contributed by atoms with Crippen molar-refractivity contribution in [1.29, 1.82) is 0 Å². The van der Waals surface area contributed by atoms with Gasteiger partial charge in [0.15, 0.2) is 5.79 Å². The largest absolute Gasteiger partial charge is 0.347 e. The van der Waals surface area contributed by atoms with E-state index in [4.69, 9.17) is 9.47 Å². The van der Waals surface area contributed by atoms with Crippen molar-refractivity contribution in [2.75, 3.05) is 13.2 Å². The smallest absolute Gasteiger partial charge is 0.174 e. The number of hydrogen-bond donors (Lipinski definition) is 0. The average molecular weight is 224 g/mol. The first kappa shape index (κ1) is 11.0. The summed E-state index contributed by atoms with van der Waals surface area (Å²) < 4.78 is 12.2. The molecule has 3 fully saturated rings. The van der Waals surface area contributed by atoms with E-state index in [2.05, 4.69) is 13.8 Å². The number of hydrogen-bond acceptors (Lipinski definition) is 2. The molecule has 2 saturated carbocycles. The Balaban J connectivity index is 1.95. The molecule has 0 amide bonds. The molecule has 2 nitrogen and oxygen atoms in total. The Bertz CT molecular complexity index is 270.